The molecule has 1 saturated heterocycles. The van der Waals surface area contributed by atoms with Gasteiger partial charge in [-0.15, -0.1) is 0 Å². The molecule has 1 atom stereocenters. The summed E-state index contributed by atoms with van der Waals surface area (Å²) in [6.07, 6.45) is 3.38. The van der Waals surface area contributed by atoms with E-state index in [0.29, 0.717) is 24.9 Å². The minimum Gasteiger partial charge on any atom is -0.364 e. The van der Waals surface area contributed by atoms with Gasteiger partial charge in [0.2, 0.25) is 5.95 Å². The standard InChI is InChI=1S/C24H25ClFN7O2/c1-13-28-20-19(16-7-6-15(25)8-17(16)26)29-23(30-21(20)22(34)32(13)5)33-11-18(35-24(2,3)12-33)14-9-27-31(4)10-14/h6-10,18H,11-12H2,1-5H3/t18-/m0/s1. The van der Waals surface area contributed by atoms with Gasteiger partial charge >= 0.3 is 0 Å². The first-order valence-electron chi connectivity index (χ1n) is 11.1. The number of halogens is 2. The predicted octanol–water partition coefficient (Wildman–Crippen LogP) is 3.58. The highest BCUT2D eigenvalue weighted by Crippen LogP contribution is 2.35. The van der Waals surface area contributed by atoms with Crippen LogP contribution in [0.2, 0.25) is 5.02 Å². The third kappa shape index (κ3) is 4.28. The second-order valence-corrected chi connectivity index (χ2v) is 9.85. The van der Waals surface area contributed by atoms with Gasteiger partial charge in [0.05, 0.1) is 18.3 Å². The van der Waals surface area contributed by atoms with E-state index in [2.05, 4.69) is 15.1 Å². The number of nitrogens with zero attached hydrogens (tertiary/aromatic N) is 7. The minimum atomic E-state index is -0.556. The maximum absolute atomic E-state index is 15.0. The Hall–Kier alpha value is -3.37. The summed E-state index contributed by atoms with van der Waals surface area (Å²) >= 11 is 5.98. The van der Waals surface area contributed by atoms with E-state index in [9.17, 15) is 4.79 Å². The van der Waals surface area contributed by atoms with E-state index >= 15 is 4.39 Å². The molecule has 0 radical (unpaired) electrons. The summed E-state index contributed by atoms with van der Waals surface area (Å²) in [4.78, 5) is 29.0. The molecule has 182 valence electrons. The summed E-state index contributed by atoms with van der Waals surface area (Å²) in [7, 11) is 3.48. The second kappa shape index (κ2) is 8.39. The highest BCUT2D eigenvalue weighted by Gasteiger charge is 2.36. The number of aryl methyl sites for hydroxylation is 2. The SMILES string of the molecule is Cc1nc2c(-c3ccc(Cl)cc3F)nc(N3C[C@@H](c4cnn(C)c4)OC(C)(C)C3)nc2c(=O)n1C. The topological polar surface area (TPSA) is 91.0 Å². The van der Waals surface area contributed by atoms with Crippen molar-refractivity contribution in [2.24, 2.45) is 14.1 Å². The molecule has 1 aromatic carbocycles. The largest absolute Gasteiger partial charge is 0.364 e. The Bertz CT molecular complexity index is 1510. The van der Waals surface area contributed by atoms with Crippen LogP contribution in [0.5, 0.6) is 0 Å². The molecule has 11 heteroatoms. The smallest absolute Gasteiger partial charge is 0.279 e. The average molecular weight is 498 g/mol. The molecular formula is C24H25ClFN7O2. The lowest BCUT2D eigenvalue weighted by Gasteiger charge is -2.42. The number of hydrogen-bond donors (Lipinski definition) is 0. The summed E-state index contributed by atoms with van der Waals surface area (Å²) in [5, 5.41) is 4.52. The van der Waals surface area contributed by atoms with Crippen LogP contribution in [-0.4, -0.2) is 48.0 Å². The molecule has 35 heavy (non-hydrogen) atoms. The molecule has 0 saturated carbocycles. The van der Waals surface area contributed by atoms with Crippen molar-refractivity contribution in [3.63, 3.8) is 0 Å². The van der Waals surface area contributed by atoms with Crippen molar-refractivity contribution in [1.82, 2.24) is 29.3 Å². The van der Waals surface area contributed by atoms with E-state index in [1.807, 2.05) is 32.0 Å². The van der Waals surface area contributed by atoms with E-state index in [1.54, 1.807) is 37.0 Å². The molecular weight excluding hydrogens is 473 g/mol. The fourth-order valence-electron chi connectivity index (χ4n) is 4.37. The van der Waals surface area contributed by atoms with Crippen LogP contribution in [0.3, 0.4) is 0 Å². The van der Waals surface area contributed by atoms with Crippen LogP contribution in [-0.2, 0) is 18.8 Å². The molecule has 0 bridgehead atoms. The lowest BCUT2D eigenvalue weighted by atomic mass is 10.0. The summed E-state index contributed by atoms with van der Waals surface area (Å²) in [5.41, 5.74) is 0.842. The normalized spacial score (nSPS) is 17.8. The van der Waals surface area contributed by atoms with E-state index in [1.165, 1.54) is 10.6 Å². The maximum atomic E-state index is 15.0. The van der Waals surface area contributed by atoms with Crippen LogP contribution in [0.4, 0.5) is 10.3 Å². The molecule has 4 aromatic rings. The van der Waals surface area contributed by atoms with E-state index in [4.69, 9.17) is 21.3 Å². The van der Waals surface area contributed by atoms with E-state index in [0.717, 1.165) is 5.56 Å². The van der Waals surface area contributed by atoms with Crippen LogP contribution in [0.25, 0.3) is 22.3 Å². The summed E-state index contributed by atoms with van der Waals surface area (Å²) in [6.45, 7) is 6.57. The van der Waals surface area contributed by atoms with E-state index < -0.39 is 11.4 Å². The number of anilines is 1. The molecule has 9 nitrogen and oxygen atoms in total. The third-order valence-electron chi connectivity index (χ3n) is 6.12. The number of rotatable bonds is 3. The van der Waals surface area contributed by atoms with Crippen LogP contribution in [0.15, 0.2) is 35.4 Å². The van der Waals surface area contributed by atoms with E-state index in [-0.39, 0.29) is 39.0 Å². The summed E-state index contributed by atoms with van der Waals surface area (Å²) in [5.74, 6) is 0.215. The first-order valence-corrected chi connectivity index (χ1v) is 11.5. The van der Waals surface area contributed by atoms with Crippen LogP contribution in [0, 0.1) is 12.7 Å². The molecule has 1 aliphatic rings. The van der Waals surface area contributed by atoms with Crippen molar-refractivity contribution in [1.29, 1.82) is 0 Å². The van der Waals surface area contributed by atoms with Gasteiger partial charge in [-0.3, -0.25) is 14.0 Å². The highest BCUT2D eigenvalue weighted by molar-refractivity contribution is 6.30. The number of ether oxygens (including phenoxy) is 1. The average Bonchev–Trinajstić information content (AvgIpc) is 3.23. The highest BCUT2D eigenvalue weighted by atomic mass is 35.5. The van der Waals surface area contributed by atoms with Gasteiger partial charge in [-0.05, 0) is 39.0 Å². The maximum Gasteiger partial charge on any atom is 0.279 e. The molecule has 3 aromatic heterocycles. The number of hydrogen-bond acceptors (Lipinski definition) is 7. The van der Waals surface area contributed by atoms with Gasteiger partial charge in [0.25, 0.3) is 5.56 Å². The van der Waals surface area contributed by atoms with Gasteiger partial charge in [-0.25, -0.2) is 19.3 Å². The Balaban J connectivity index is 1.71. The monoisotopic (exact) mass is 497 g/mol. The quantitative estimate of drug-likeness (QED) is 0.427. The number of fused-ring (bicyclic) bond motifs is 1. The molecule has 0 unspecified atom stereocenters. The van der Waals surface area contributed by atoms with Gasteiger partial charge in [0.15, 0.2) is 5.52 Å². The van der Waals surface area contributed by atoms with Crippen molar-refractivity contribution >= 4 is 28.6 Å². The zero-order valence-electron chi connectivity index (χ0n) is 20.1. The first kappa shape index (κ1) is 23.4. The molecule has 1 fully saturated rings. The molecule has 0 aliphatic carbocycles. The molecule has 1 aliphatic heterocycles. The van der Waals surface area contributed by atoms with Gasteiger partial charge in [0.1, 0.15) is 29.0 Å². The second-order valence-electron chi connectivity index (χ2n) is 9.41. The van der Waals surface area contributed by atoms with Crippen LogP contribution >= 0.6 is 11.6 Å². The minimum absolute atomic E-state index is 0.120. The van der Waals surface area contributed by atoms with Crippen LogP contribution < -0.4 is 10.5 Å². The summed E-state index contributed by atoms with van der Waals surface area (Å²) in [6, 6.07) is 4.34. The van der Waals surface area contributed by atoms with Crippen molar-refractivity contribution in [3.8, 4) is 11.3 Å². The zero-order valence-corrected chi connectivity index (χ0v) is 20.8. The number of aromatic nitrogens is 6. The Morgan fingerprint density at radius 2 is 1.94 bits per heavy atom. The molecule has 0 spiro atoms. The number of benzene rings is 1. The first-order chi connectivity index (χ1) is 16.5. The lowest BCUT2D eigenvalue weighted by molar-refractivity contribution is -0.0859. The van der Waals surface area contributed by atoms with Gasteiger partial charge in [-0.1, -0.05) is 11.6 Å². The zero-order chi connectivity index (χ0) is 25.1. The third-order valence-corrected chi connectivity index (χ3v) is 6.36. The molecule has 0 amide bonds. The predicted molar refractivity (Wildman–Crippen MR) is 131 cm³/mol. The fraction of sp³-hybridized carbons (Fsp3) is 0.375. The van der Waals surface area contributed by atoms with Crippen molar-refractivity contribution < 1.29 is 9.13 Å². The van der Waals surface area contributed by atoms with Gasteiger partial charge in [0, 0.05) is 43.0 Å². The Morgan fingerprint density at radius 1 is 1.17 bits per heavy atom. The molecule has 0 N–H and O–H groups in total. The number of morpholine rings is 1. The van der Waals surface area contributed by atoms with Crippen molar-refractivity contribution in [2.75, 3.05) is 18.0 Å². The van der Waals surface area contributed by atoms with Crippen molar-refractivity contribution in [3.05, 3.63) is 63.2 Å². The molecule has 4 heterocycles. The van der Waals surface area contributed by atoms with Gasteiger partial charge < -0.3 is 9.64 Å². The van der Waals surface area contributed by atoms with Gasteiger partial charge in [-0.2, -0.15) is 5.10 Å². The fourth-order valence-corrected chi connectivity index (χ4v) is 4.53. The Labute approximate surface area is 206 Å². The summed E-state index contributed by atoms with van der Waals surface area (Å²) < 4.78 is 24.5. The van der Waals surface area contributed by atoms with Crippen molar-refractivity contribution in [2.45, 2.75) is 32.5 Å². The Morgan fingerprint density at radius 3 is 2.63 bits per heavy atom. The molecule has 5 rings (SSSR count). The Kier molecular flexibility index (Phi) is 5.60. The lowest BCUT2D eigenvalue weighted by Crippen LogP contribution is -2.50. The van der Waals surface area contributed by atoms with Crippen LogP contribution in [0.1, 0.15) is 31.3 Å².